The molecule has 0 saturated heterocycles. The summed E-state index contributed by atoms with van der Waals surface area (Å²) in [4.78, 5) is 0. The second-order valence-corrected chi connectivity index (χ2v) is 3.35. The maximum absolute atomic E-state index is 7.50. The van der Waals surface area contributed by atoms with E-state index < -0.39 is 0 Å². The predicted molar refractivity (Wildman–Crippen MR) is 70.1 cm³/mol. The molecule has 1 aliphatic rings. The molecular formula is C15H21NO2W+. The molecule has 0 atom stereocenters. The van der Waals surface area contributed by atoms with Crippen molar-refractivity contribution in [2.75, 3.05) is 0 Å². The Kier molecular flexibility index (Phi) is 32.8. The van der Waals surface area contributed by atoms with E-state index in [0.29, 0.717) is 0 Å². The summed E-state index contributed by atoms with van der Waals surface area (Å²) < 4.78 is 15.0. The average molecular weight is 431 g/mol. The predicted octanol–water partition coefficient (Wildman–Crippen LogP) is 3.87. The van der Waals surface area contributed by atoms with Crippen molar-refractivity contribution in [3.63, 3.8) is 0 Å². The van der Waals surface area contributed by atoms with Gasteiger partial charge in [-0.25, -0.2) is 0 Å². The van der Waals surface area contributed by atoms with Crippen LogP contribution in [0.15, 0.2) is 0 Å². The molecule has 3 nitrogen and oxygen atoms in total. The van der Waals surface area contributed by atoms with E-state index in [9.17, 15) is 0 Å². The van der Waals surface area contributed by atoms with Crippen LogP contribution >= 0.6 is 0 Å². The van der Waals surface area contributed by atoms with Crippen molar-refractivity contribution in [3.05, 3.63) is 50.3 Å². The fraction of sp³-hybridized carbons (Fsp3) is 0.400. The molecule has 0 aromatic carbocycles. The third kappa shape index (κ3) is 11.2. The number of hydrogen-bond donors (Lipinski definition) is 0. The first-order valence-corrected chi connectivity index (χ1v) is 4.88. The maximum atomic E-state index is 7.50. The van der Waals surface area contributed by atoms with E-state index in [4.69, 9.17) is 14.6 Å². The molecule has 0 unspecified atom stereocenters. The summed E-state index contributed by atoms with van der Waals surface area (Å²) in [6.07, 6.45) is 0. The molecule has 0 aromatic rings. The van der Waals surface area contributed by atoms with Gasteiger partial charge < -0.3 is 7.43 Å². The minimum atomic E-state index is 0. The van der Waals surface area contributed by atoms with Crippen LogP contribution < -0.4 is 0 Å². The molecule has 0 aliphatic heterocycles. The zero-order valence-electron chi connectivity index (χ0n) is 12.7. The van der Waals surface area contributed by atoms with E-state index in [0.717, 1.165) is 0 Å². The van der Waals surface area contributed by atoms with Crippen LogP contribution in [0.5, 0.6) is 0 Å². The average Bonchev–Trinajstić information content (AvgIpc) is 2.54. The van der Waals surface area contributed by atoms with Gasteiger partial charge in [0.15, 0.2) is 0 Å². The second kappa shape index (κ2) is 20.0. The van der Waals surface area contributed by atoms with Gasteiger partial charge in [0.05, 0.1) is 6.07 Å². The van der Waals surface area contributed by atoms with Crippen LogP contribution in [0.1, 0.15) is 41.5 Å². The Hall–Kier alpha value is -0.342. The first-order valence-electron chi connectivity index (χ1n) is 4.88. The summed E-state index contributed by atoms with van der Waals surface area (Å²) in [6.45, 7) is 21.4. The van der Waals surface area contributed by atoms with Gasteiger partial charge in [-0.05, 0) is 29.6 Å². The third-order valence-electron chi connectivity index (χ3n) is 2.81. The van der Waals surface area contributed by atoms with Crippen LogP contribution in [0.3, 0.4) is 0 Å². The minimum Gasteiger partial charge on any atom is -0.358 e. The Morgan fingerprint density at radius 1 is 0.737 bits per heavy atom. The van der Waals surface area contributed by atoms with E-state index in [2.05, 4.69) is 47.9 Å². The van der Waals surface area contributed by atoms with Gasteiger partial charge in [-0.2, -0.15) is 5.26 Å². The minimum absolute atomic E-state index is 0. The third-order valence-corrected chi connectivity index (χ3v) is 2.81. The quantitative estimate of drug-likeness (QED) is 0.424. The molecule has 0 aromatic heterocycles. The Labute approximate surface area is 133 Å². The molecule has 0 N–H and O–H groups in total. The standard InChI is InChI=1S/C10H15.C2H3N.2CO.CH3.W/c1-6-7(2)9(4)10(5)8(6)3;1-2-3;2*1-2;;/h1-5H3;1H3;;;1H3;/q;;;;-1;+2. The zero-order valence-corrected chi connectivity index (χ0v) is 15.6. The zero-order chi connectivity index (χ0) is 14.6. The molecule has 1 fully saturated rings. The topological polar surface area (TPSA) is 63.6 Å². The number of hydrogen-bond acceptors (Lipinski definition) is 1. The van der Waals surface area contributed by atoms with Gasteiger partial charge in [0.25, 0.3) is 0 Å². The van der Waals surface area contributed by atoms with Crippen molar-refractivity contribution in [1.82, 2.24) is 0 Å². The summed E-state index contributed by atoms with van der Waals surface area (Å²) in [5.74, 6) is 7.34. The van der Waals surface area contributed by atoms with Crippen LogP contribution in [-0.4, -0.2) is 0 Å². The monoisotopic (exact) mass is 431 g/mol. The number of nitrogens with zero attached hydrogens (tertiary/aromatic N) is 1. The van der Waals surface area contributed by atoms with Gasteiger partial charge in [-0.3, -0.25) is 0 Å². The van der Waals surface area contributed by atoms with E-state index >= 15 is 0 Å². The molecule has 1 aliphatic carbocycles. The number of rotatable bonds is 0. The Bertz CT molecular complexity index is 207. The molecular weight excluding hydrogens is 410 g/mol. The number of nitriles is 1. The normalized spacial score (nSPS) is 15.6. The Balaban J connectivity index is -0.0000000632. The maximum Gasteiger partial charge on any atom is 2.00 e. The van der Waals surface area contributed by atoms with E-state index in [-0.39, 0.29) is 28.5 Å². The molecule has 1 rings (SSSR count). The summed E-state index contributed by atoms with van der Waals surface area (Å²) in [6, 6.07) is 1.75. The van der Waals surface area contributed by atoms with Gasteiger partial charge in [0.1, 0.15) is 0 Å². The van der Waals surface area contributed by atoms with Crippen molar-refractivity contribution in [2.24, 2.45) is 0 Å². The van der Waals surface area contributed by atoms with Crippen molar-refractivity contribution in [2.45, 2.75) is 41.5 Å². The van der Waals surface area contributed by atoms with Crippen LogP contribution in [0.4, 0.5) is 0 Å². The fourth-order valence-electron chi connectivity index (χ4n) is 1.41. The molecule has 0 heterocycles. The van der Waals surface area contributed by atoms with Gasteiger partial charge in [-0.1, -0.05) is 34.6 Å². The van der Waals surface area contributed by atoms with Gasteiger partial charge in [0.2, 0.25) is 0 Å². The van der Waals surface area contributed by atoms with E-state index in [1.807, 2.05) is 0 Å². The summed E-state index contributed by atoms with van der Waals surface area (Å²) in [5, 5.41) is 7.32. The van der Waals surface area contributed by atoms with Crippen LogP contribution in [-0.2, 0) is 30.4 Å². The summed E-state index contributed by atoms with van der Waals surface area (Å²) in [7, 11) is 0. The van der Waals surface area contributed by atoms with Gasteiger partial charge in [-0.15, -0.1) is 0 Å². The fourth-order valence-corrected chi connectivity index (χ4v) is 1.41. The smallest absolute Gasteiger partial charge is 0.358 e. The van der Waals surface area contributed by atoms with Crippen molar-refractivity contribution in [3.8, 4) is 6.07 Å². The van der Waals surface area contributed by atoms with Crippen LogP contribution in [0.25, 0.3) is 0 Å². The Morgan fingerprint density at radius 3 is 0.842 bits per heavy atom. The largest absolute Gasteiger partial charge is 2.00 e. The van der Waals surface area contributed by atoms with Crippen LogP contribution in [0.2, 0.25) is 0 Å². The summed E-state index contributed by atoms with van der Waals surface area (Å²) in [5.41, 5.74) is 0. The molecule has 5 radical (unpaired) electrons. The second-order valence-electron chi connectivity index (χ2n) is 3.35. The van der Waals surface area contributed by atoms with Crippen molar-refractivity contribution < 1.29 is 30.4 Å². The molecule has 4 heteroatoms. The first-order chi connectivity index (χ1) is 7.97. The molecule has 19 heavy (non-hydrogen) atoms. The van der Waals surface area contributed by atoms with Crippen LogP contribution in [0, 0.1) is 61.6 Å². The van der Waals surface area contributed by atoms with Gasteiger partial charge in [0, 0.05) is 6.92 Å². The molecule has 0 spiro atoms. The molecule has 103 valence electrons. The Morgan fingerprint density at radius 2 is 0.789 bits per heavy atom. The summed E-state index contributed by atoms with van der Waals surface area (Å²) >= 11 is 0. The first kappa shape index (κ1) is 31.2. The van der Waals surface area contributed by atoms with E-state index in [1.54, 1.807) is 6.07 Å². The molecule has 0 amide bonds. The molecule has 0 bridgehead atoms. The van der Waals surface area contributed by atoms with Gasteiger partial charge >= 0.3 is 43.7 Å². The molecule has 1 saturated carbocycles. The van der Waals surface area contributed by atoms with Crippen molar-refractivity contribution in [1.29, 1.82) is 5.26 Å². The SMILES string of the molecule is CC#N.C[C]1[C](C)[C](C)[C](C)[C]1C.[C-]#[O+].[C-]#[O+].[CH3-].[W+2]. The van der Waals surface area contributed by atoms with Crippen molar-refractivity contribution >= 4 is 0 Å². The van der Waals surface area contributed by atoms with E-state index in [1.165, 1.54) is 36.5 Å².